The van der Waals surface area contributed by atoms with E-state index in [9.17, 15) is 15.0 Å². The molecule has 0 radical (unpaired) electrons. The van der Waals surface area contributed by atoms with Crippen molar-refractivity contribution in [1.82, 2.24) is 0 Å². The van der Waals surface area contributed by atoms with Gasteiger partial charge in [0.05, 0.1) is 11.0 Å². The molecule has 0 aliphatic rings. The molecule has 0 bridgehead atoms. The van der Waals surface area contributed by atoms with Gasteiger partial charge in [-0.25, -0.2) is 0 Å². The van der Waals surface area contributed by atoms with Crippen molar-refractivity contribution in [2.24, 2.45) is 0 Å². The second-order valence-corrected chi connectivity index (χ2v) is 3.50. The van der Waals surface area contributed by atoms with Gasteiger partial charge in [-0.05, 0) is 16.8 Å². The number of phenols is 1. The first-order valence-corrected chi connectivity index (χ1v) is 4.60. The van der Waals surface area contributed by atoms with Crippen molar-refractivity contribution in [1.29, 1.82) is 0 Å². The van der Waals surface area contributed by atoms with Crippen molar-refractivity contribution in [3.63, 3.8) is 0 Å². The monoisotopic (exact) mass is 354 g/mol. The largest absolute Gasteiger partial charge is 1.00 e. The molecule has 0 unspecified atom stereocenters. The smallest absolute Gasteiger partial charge is 0.545 e. The van der Waals surface area contributed by atoms with Gasteiger partial charge in [0.25, 0.3) is 0 Å². The third-order valence-electron chi connectivity index (χ3n) is 2.18. The number of aromatic carboxylic acids is 1. The third-order valence-corrected chi connectivity index (χ3v) is 2.47. The van der Waals surface area contributed by atoms with Gasteiger partial charge in [0.2, 0.25) is 0 Å². The van der Waals surface area contributed by atoms with Crippen LogP contribution in [-0.2, 0) is 0 Å². The fourth-order valence-corrected chi connectivity index (χ4v) is 1.72. The van der Waals surface area contributed by atoms with Gasteiger partial charge in [0, 0.05) is 5.56 Å². The summed E-state index contributed by atoms with van der Waals surface area (Å²) in [7, 11) is 0. The van der Waals surface area contributed by atoms with E-state index < -0.39 is 11.7 Å². The van der Waals surface area contributed by atoms with Crippen LogP contribution in [0.3, 0.4) is 0 Å². The van der Waals surface area contributed by atoms with E-state index in [0.29, 0.717) is 10.8 Å². The zero-order valence-electron chi connectivity index (χ0n) is 8.53. The van der Waals surface area contributed by atoms with Crippen LogP contribution in [0, 0.1) is 0 Å². The number of hydrogen-bond donors (Lipinski definition) is 1. The van der Waals surface area contributed by atoms with Crippen LogP contribution in [0.5, 0.6) is 5.75 Å². The molecule has 0 saturated heterocycles. The molecule has 5 heteroatoms. The number of carboxylic acid groups (broad SMARTS) is 1. The number of aromatic hydroxyl groups is 1. The molecule has 0 fully saturated rings. The Bertz CT molecular complexity index is 554. The fourth-order valence-electron chi connectivity index (χ4n) is 1.51. The third kappa shape index (κ3) is 2.59. The van der Waals surface area contributed by atoms with Crippen molar-refractivity contribution < 1.29 is 83.9 Å². The molecule has 0 aliphatic heterocycles. The Hall–Kier alpha value is 0.312. The summed E-state index contributed by atoms with van der Waals surface area (Å²) >= 11 is 5.70. The van der Waals surface area contributed by atoms with E-state index in [1.165, 1.54) is 6.07 Å². The summed E-state index contributed by atoms with van der Waals surface area (Å²) in [4.78, 5) is 10.9. The van der Waals surface area contributed by atoms with Crippen LogP contribution >= 0.6 is 11.6 Å². The predicted molar refractivity (Wildman–Crippen MR) is 55.0 cm³/mol. The summed E-state index contributed by atoms with van der Waals surface area (Å²) in [5.41, 5.74) is -0.266. The Morgan fingerprint density at radius 1 is 1.31 bits per heavy atom. The van der Waals surface area contributed by atoms with Gasteiger partial charge < -0.3 is 15.0 Å². The van der Waals surface area contributed by atoms with Gasteiger partial charge >= 0.3 is 68.9 Å². The maximum Gasteiger partial charge on any atom is 1.00 e. The first-order valence-electron chi connectivity index (χ1n) is 4.23. The topological polar surface area (TPSA) is 60.4 Å². The number of benzene rings is 2. The second-order valence-electron chi connectivity index (χ2n) is 3.09. The number of carbonyl (C=O) groups is 1. The summed E-state index contributed by atoms with van der Waals surface area (Å²) < 4.78 is 0. The molecule has 0 heterocycles. The van der Waals surface area contributed by atoms with Crippen LogP contribution in [0.1, 0.15) is 10.4 Å². The van der Waals surface area contributed by atoms with E-state index in [1.807, 2.05) is 0 Å². The van der Waals surface area contributed by atoms with Crippen LogP contribution in [0.15, 0.2) is 30.3 Å². The van der Waals surface area contributed by atoms with Crippen molar-refractivity contribution in [3.8, 4) is 5.75 Å². The second kappa shape index (κ2) is 5.77. The minimum absolute atomic E-state index is 0. The summed E-state index contributed by atoms with van der Waals surface area (Å²) in [5.74, 6) is -1.89. The maximum absolute atomic E-state index is 10.9. The SMILES string of the molecule is O=C([O-])c1c(O)c(Cl)cc2ccccc12.[Cs+]. The first-order chi connectivity index (χ1) is 7.11. The van der Waals surface area contributed by atoms with Crippen molar-refractivity contribution in [3.05, 3.63) is 40.9 Å². The van der Waals surface area contributed by atoms with Crippen molar-refractivity contribution in [2.45, 2.75) is 0 Å². The van der Waals surface area contributed by atoms with Gasteiger partial charge in [-0.2, -0.15) is 0 Å². The molecule has 0 aliphatic carbocycles. The van der Waals surface area contributed by atoms with Gasteiger partial charge in [-0.15, -0.1) is 0 Å². The molecule has 0 saturated carbocycles. The Kier molecular flexibility index (Phi) is 5.18. The Labute approximate surface area is 156 Å². The number of carboxylic acids is 1. The summed E-state index contributed by atoms with van der Waals surface area (Å²) in [5, 5.41) is 21.4. The van der Waals surface area contributed by atoms with Crippen LogP contribution in [-0.4, -0.2) is 11.1 Å². The Morgan fingerprint density at radius 3 is 2.56 bits per heavy atom. The van der Waals surface area contributed by atoms with Crippen molar-refractivity contribution >= 4 is 28.3 Å². The zero-order valence-corrected chi connectivity index (χ0v) is 15.6. The summed E-state index contributed by atoms with van der Waals surface area (Å²) in [6.45, 7) is 0. The minimum Gasteiger partial charge on any atom is -0.545 e. The van der Waals surface area contributed by atoms with E-state index in [0.717, 1.165) is 0 Å². The number of fused-ring (bicyclic) bond motifs is 1. The van der Waals surface area contributed by atoms with E-state index in [-0.39, 0.29) is 79.5 Å². The van der Waals surface area contributed by atoms with Crippen LogP contribution in [0.4, 0.5) is 0 Å². The molecule has 76 valence electrons. The Balaban J connectivity index is 0.00000128. The average Bonchev–Trinajstić information content (AvgIpc) is 2.19. The summed E-state index contributed by atoms with van der Waals surface area (Å²) in [6, 6.07) is 8.26. The van der Waals surface area contributed by atoms with E-state index in [4.69, 9.17) is 11.6 Å². The number of rotatable bonds is 1. The normalized spacial score (nSPS) is 9.81. The standard InChI is InChI=1S/C11H7ClO3.Cs/c12-8-5-6-3-1-2-4-7(6)9(10(8)13)11(14)15;/h1-5,13H,(H,14,15);/q;+1/p-1. The maximum atomic E-state index is 10.9. The molecular weight excluding hydrogens is 348 g/mol. The molecule has 1 N–H and O–H groups in total. The molecule has 2 aromatic rings. The quantitative estimate of drug-likeness (QED) is 0.683. The predicted octanol–water partition coefficient (Wildman–Crippen LogP) is -1.43. The Morgan fingerprint density at radius 2 is 1.94 bits per heavy atom. The number of hydrogen-bond acceptors (Lipinski definition) is 3. The minimum atomic E-state index is -1.44. The zero-order chi connectivity index (χ0) is 11.0. The molecule has 0 atom stereocenters. The molecule has 0 spiro atoms. The number of halogens is 1. The summed E-state index contributed by atoms with van der Waals surface area (Å²) in [6.07, 6.45) is 0. The van der Waals surface area contributed by atoms with Crippen molar-refractivity contribution in [2.75, 3.05) is 0 Å². The molecule has 16 heavy (non-hydrogen) atoms. The molecule has 0 aromatic heterocycles. The molecular formula is C11H6ClCsO3. The van der Waals surface area contributed by atoms with Gasteiger partial charge in [-0.1, -0.05) is 35.9 Å². The van der Waals surface area contributed by atoms with E-state index in [2.05, 4.69) is 0 Å². The van der Waals surface area contributed by atoms with E-state index >= 15 is 0 Å². The first kappa shape index (κ1) is 14.4. The van der Waals surface area contributed by atoms with Crippen LogP contribution in [0.2, 0.25) is 5.02 Å². The van der Waals surface area contributed by atoms with Crippen LogP contribution < -0.4 is 74.0 Å². The van der Waals surface area contributed by atoms with Gasteiger partial charge in [0.1, 0.15) is 5.75 Å². The molecule has 0 amide bonds. The molecule has 2 rings (SSSR count). The average molecular weight is 355 g/mol. The fraction of sp³-hybridized carbons (Fsp3) is 0. The van der Waals surface area contributed by atoms with E-state index in [1.54, 1.807) is 24.3 Å². The van der Waals surface area contributed by atoms with Gasteiger partial charge in [-0.3, -0.25) is 0 Å². The van der Waals surface area contributed by atoms with Gasteiger partial charge in [0.15, 0.2) is 0 Å². The number of carbonyl (C=O) groups excluding carboxylic acids is 1. The molecule has 2 aromatic carbocycles. The molecule has 3 nitrogen and oxygen atoms in total. The van der Waals surface area contributed by atoms with Crippen LogP contribution in [0.25, 0.3) is 10.8 Å².